The van der Waals surface area contributed by atoms with Crippen LogP contribution in [0.15, 0.2) is 30.7 Å². The van der Waals surface area contributed by atoms with Gasteiger partial charge in [-0.25, -0.2) is 0 Å². The summed E-state index contributed by atoms with van der Waals surface area (Å²) in [4.78, 5) is 4.20. The Balaban J connectivity index is 1.82. The molecular weight excluding hydrogens is 224 g/mol. The molecule has 0 aliphatic rings. The van der Waals surface area contributed by atoms with Gasteiger partial charge < -0.3 is 5.32 Å². The Labute approximate surface area is 99.3 Å². The Morgan fingerprint density at radius 2 is 2.19 bits per heavy atom. The van der Waals surface area contributed by atoms with Crippen LogP contribution in [0.5, 0.6) is 0 Å². The third kappa shape index (κ3) is 3.05. The number of rotatable bonds is 4. The smallest absolute Gasteiger partial charge is 0.0589 e. The van der Waals surface area contributed by atoms with Crippen molar-refractivity contribution in [1.82, 2.24) is 20.1 Å². The second kappa shape index (κ2) is 5.09. The minimum Gasteiger partial charge on any atom is -0.307 e. The van der Waals surface area contributed by atoms with Crippen molar-refractivity contribution in [2.24, 2.45) is 7.05 Å². The molecule has 1 N–H and O–H groups in total. The van der Waals surface area contributed by atoms with Crippen molar-refractivity contribution >= 4 is 11.6 Å². The van der Waals surface area contributed by atoms with E-state index in [1.54, 1.807) is 10.9 Å². The van der Waals surface area contributed by atoms with E-state index in [1.165, 1.54) is 0 Å². The van der Waals surface area contributed by atoms with Gasteiger partial charge in [-0.15, -0.1) is 0 Å². The van der Waals surface area contributed by atoms with Gasteiger partial charge in [-0.05, 0) is 12.1 Å². The van der Waals surface area contributed by atoms with Crippen LogP contribution in [-0.2, 0) is 20.1 Å². The zero-order chi connectivity index (χ0) is 11.4. The minimum absolute atomic E-state index is 0.663. The van der Waals surface area contributed by atoms with Gasteiger partial charge in [0.2, 0.25) is 0 Å². The number of nitrogens with one attached hydrogen (secondary N) is 1. The summed E-state index contributed by atoms with van der Waals surface area (Å²) < 4.78 is 1.79. The molecule has 0 saturated heterocycles. The fourth-order valence-electron chi connectivity index (χ4n) is 1.41. The first-order valence-electron chi connectivity index (χ1n) is 5.03. The molecule has 0 atom stereocenters. The van der Waals surface area contributed by atoms with Gasteiger partial charge in [0.15, 0.2) is 0 Å². The molecule has 16 heavy (non-hydrogen) atoms. The third-order valence-electron chi connectivity index (χ3n) is 2.18. The van der Waals surface area contributed by atoms with Crippen LogP contribution in [0.25, 0.3) is 0 Å². The lowest BCUT2D eigenvalue weighted by atomic mass is 10.3. The lowest BCUT2D eigenvalue weighted by molar-refractivity contribution is 0.678. The fraction of sp³-hybridized carbons (Fsp3) is 0.273. The van der Waals surface area contributed by atoms with Crippen molar-refractivity contribution in [3.05, 3.63) is 47.0 Å². The summed E-state index contributed by atoms with van der Waals surface area (Å²) >= 11 is 5.75. The van der Waals surface area contributed by atoms with E-state index in [2.05, 4.69) is 15.4 Å². The molecule has 0 unspecified atom stereocenters. The Kier molecular flexibility index (Phi) is 3.54. The highest BCUT2D eigenvalue weighted by Gasteiger charge is 1.97. The van der Waals surface area contributed by atoms with E-state index in [4.69, 9.17) is 11.6 Å². The SMILES string of the molecule is Cn1cc(CNCc2ccc(Cl)cn2)cn1. The quantitative estimate of drug-likeness (QED) is 0.880. The van der Waals surface area contributed by atoms with E-state index in [-0.39, 0.29) is 0 Å². The van der Waals surface area contributed by atoms with Crippen LogP contribution < -0.4 is 5.32 Å². The highest BCUT2D eigenvalue weighted by molar-refractivity contribution is 6.30. The highest BCUT2D eigenvalue weighted by atomic mass is 35.5. The summed E-state index contributed by atoms with van der Waals surface area (Å²) in [6, 6.07) is 3.76. The van der Waals surface area contributed by atoms with Gasteiger partial charge in [0.1, 0.15) is 0 Å². The number of aryl methyl sites for hydroxylation is 1. The molecular formula is C11H13ClN4. The second-order valence-corrected chi connectivity index (χ2v) is 4.03. The summed E-state index contributed by atoms with van der Waals surface area (Å²) in [5, 5.41) is 8.05. The Morgan fingerprint density at radius 3 is 2.81 bits per heavy atom. The Morgan fingerprint density at radius 1 is 1.31 bits per heavy atom. The first-order valence-corrected chi connectivity index (χ1v) is 5.40. The highest BCUT2D eigenvalue weighted by Crippen LogP contribution is 2.06. The van der Waals surface area contributed by atoms with E-state index < -0.39 is 0 Å². The average Bonchev–Trinajstić information content (AvgIpc) is 2.67. The molecule has 0 radical (unpaired) electrons. The molecule has 0 aliphatic carbocycles. The molecule has 0 aliphatic heterocycles. The zero-order valence-electron chi connectivity index (χ0n) is 9.02. The van der Waals surface area contributed by atoms with E-state index in [9.17, 15) is 0 Å². The first-order chi connectivity index (χ1) is 7.74. The maximum absolute atomic E-state index is 5.75. The topological polar surface area (TPSA) is 42.7 Å². The van der Waals surface area contributed by atoms with Gasteiger partial charge in [0.25, 0.3) is 0 Å². The van der Waals surface area contributed by atoms with Crippen LogP contribution in [0, 0.1) is 0 Å². The summed E-state index contributed by atoms with van der Waals surface area (Å²) in [5.74, 6) is 0. The van der Waals surface area contributed by atoms with Gasteiger partial charge in [-0.1, -0.05) is 11.6 Å². The second-order valence-electron chi connectivity index (χ2n) is 3.59. The number of hydrogen-bond donors (Lipinski definition) is 1. The molecule has 5 heteroatoms. The largest absolute Gasteiger partial charge is 0.307 e. The predicted octanol–water partition coefficient (Wildman–Crippen LogP) is 1.76. The summed E-state index contributed by atoms with van der Waals surface area (Å²) in [6.45, 7) is 1.52. The van der Waals surface area contributed by atoms with Gasteiger partial charge in [0, 0.05) is 38.1 Å². The molecule has 0 saturated carbocycles. The predicted molar refractivity (Wildman–Crippen MR) is 63.0 cm³/mol. The van der Waals surface area contributed by atoms with Crippen molar-refractivity contribution in [3.63, 3.8) is 0 Å². The van der Waals surface area contributed by atoms with Crippen LogP contribution >= 0.6 is 11.6 Å². The van der Waals surface area contributed by atoms with Gasteiger partial charge >= 0.3 is 0 Å². The van der Waals surface area contributed by atoms with Crippen molar-refractivity contribution in [2.45, 2.75) is 13.1 Å². The lowest BCUT2D eigenvalue weighted by Crippen LogP contribution is -2.13. The number of nitrogens with zero attached hydrogens (tertiary/aromatic N) is 3. The van der Waals surface area contributed by atoms with E-state index in [0.29, 0.717) is 5.02 Å². The van der Waals surface area contributed by atoms with Gasteiger partial charge in [0.05, 0.1) is 16.9 Å². The van der Waals surface area contributed by atoms with Gasteiger partial charge in [-0.3, -0.25) is 9.67 Å². The monoisotopic (exact) mass is 236 g/mol. The molecule has 84 valence electrons. The number of pyridine rings is 1. The standard InChI is InChI=1S/C11H13ClN4/c1-16-8-9(5-15-16)4-13-7-11-3-2-10(12)6-14-11/h2-3,5-6,8,13H,4,7H2,1H3. The summed E-state index contributed by atoms with van der Waals surface area (Å²) in [7, 11) is 1.91. The molecule has 0 spiro atoms. The van der Waals surface area contributed by atoms with Crippen molar-refractivity contribution in [3.8, 4) is 0 Å². The maximum Gasteiger partial charge on any atom is 0.0589 e. The van der Waals surface area contributed by atoms with Crippen molar-refractivity contribution in [1.29, 1.82) is 0 Å². The number of aromatic nitrogens is 3. The Hall–Kier alpha value is -1.39. The minimum atomic E-state index is 0.663. The van der Waals surface area contributed by atoms with Gasteiger partial charge in [-0.2, -0.15) is 5.10 Å². The van der Waals surface area contributed by atoms with Crippen molar-refractivity contribution < 1.29 is 0 Å². The fourth-order valence-corrected chi connectivity index (χ4v) is 1.52. The molecule has 2 aromatic rings. The molecule has 0 bridgehead atoms. The average molecular weight is 237 g/mol. The summed E-state index contributed by atoms with van der Waals surface area (Å²) in [5.41, 5.74) is 2.14. The molecule has 2 heterocycles. The van der Waals surface area contributed by atoms with E-state index >= 15 is 0 Å². The van der Waals surface area contributed by atoms with Crippen LogP contribution in [0.2, 0.25) is 5.02 Å². The number of halogens is 1. The van der Waals surface area contributed by atoms with Crippen LogP contribution in [-0.4, -0.2) is 14.8 Å². The van der Waals surface area contributed by atoms with E-state index in [1.807, 2.05) is 31.6 Å². The van der Waals surface area contributed by atoms with E-state index in [0.717, 1.165) is 24.3 Å². The molecule has 0 fully saturated rings. The van der Waals surface area contributed by atoms with Crippen LogP contribution in [0.3, 0.4) is 0 Å². The third-order valence-corrected chi connectivity index (χ3v) is 2.41. The molecule has 0 aromatic carbocycles. The number of hydrogen-bond acceptors (Lipinski definition) is 3. The van der Waals surface area contributed by atoms with Crippen molar-refractivity contribution in [2.75, 3.05) is 0 Å². The normalized spacial score (nSPS) is 10.6. The van der Waals surface area contributed by atoms with Crippen LogP contribution in [0.4, 0.5) is 0 Å². The van der Waals surface area contributed by atoms with Crippen LogP contribution in [0.1, 0.15) is 11.3 Å². The molecule has 4 nitrogen and oxygen atoms in total. The molecule has 0 amide bonds. The Bertz CT molecular complexity index is 449. The molecule has 2 rings (SSSR count). The lowest BCUT2D eigenvalue weighted by Gasteiger charge is -2.02. The zero-order valence-corrected chi connectivity index (χ0v) is 9.78. The summed E-state index contributed by atoms with van der Waals surface area (Å²) in [6.07, 6.45) is 5.49. The first kappa shape index (κ1) is 11.1. The molecule has 2 aromatic heterocycles. The maximum atomic E-state index is 5.75.